The van der Waals surface area contributed by atoms with Crippen LogP contribution in [-0.2, 0) is 34.1 Å². The Morgan fingerprint density at radius 2 is 1.37 bits per heavy atom. The third kappa shape index (κ3) is 7.94. The molecule has 20 heteroatoms. The van der Waals surface area contributed by atoms with E-state index >= 15 is 0 Å². The summed E-state index contributed by atoms with van der Waals surface area (Å²) in [6.45, 7) is 1.57. The number of hydrogen-bond donors (Lipinski definition) is 12. The highest BCUT2D eigenvalue weighted by Crippen LogP contribution is 2.32. The van der Waals surface area contributed by atoms with Crippen molar-refractivity contribution in [2.75, 3.05) is 0 Å². The van der Waals surface area contributed by atoms with Crippen LogP contribution in [0.1, 0.15) is 13.3 Å². The van der Waals surface area contributed by atoms with Crippen LogP contribution in [-0.4, -0.2) is 146 Å². The molecule has 0 spiro atoms. The monoisotopic (exact) mass is 580 g/mol. The predicted octanol–water partition coefficient (Wildman–Crippen LogP) is -6.82. The molecule has 1 aliphatic carbocycles. The van der Waals surface area contributed by atoms with E-state index in [0.29, 0.717) is 0 Å². The topological polar surface area (TPSA) is 354 Å². The SMILES string of the molecule is C[C@H](N)[C@H]1O[C@H](O[C@@H]2[C@@H](O)[C@H](N)C[C@H](N)[C@H]2O[C@H]2O[C@@H](C(=O)O)[C@@H](O)[C@H](O)[C@H]2N)[C@H](O)[C@@H]1O.O=S(=O)(O)O. The van der Waals surface area contributed by atoms with Crippen molar-refractivity contribution >= 4 is 16.4 Å². The van der Waals surface area contributed by atoms with Gasteiger partial charge >= 0.3 is 16.4 Å². The van der Waals surface area contributed by atoms with Crippen molar-refractivity contribution in [3.63, 3.8) is 0 Å². The van der Waals surface area contributed by atoms with E-state index in [-0.39, 0.29) is 6.42 Å². The predicted molar refractivity (Wildman–Crippen MR) is 121 cm³/mol. The average molecular weight is 581 g/mol. The molecule has 16 N–H and O–H groups in total. The normalized spacial score (nSPS) is 46.6. The van der Waals surface area contributed by atoms with E-state index in [0.717, 1.165) is 0 Å². The first-order valence-electron chi connectivity index (χ1n) is 11.3. The zero-order chi connectivity index (χ0) is 29.3. The summed E-state index contributed by atoms with van der Waals surface area (Å²) in [7, 11) is -4.67. The van der Waals surface area contributed by atoms with Crippen molar-refractivity contribution in [1.82, 2.24) is 0 Å². The van der Waals surface area contributed by atoms with Crippen molar-refractivity contribution in [3.8, 4) is 0 Å². The molecule has 0 aromatic carbocycles. The van der Waals surface area contributed by atoms with Crippen LogP contribution < -0.4 is 22.9 Å². The Labute approximate surface area is 216 Å². The Balaban J connectivity index is 0.000000926. The van der Waals surface area contributed by atoms with Gasteiger partial charge in [0.05, 0.1) is 12.1 Å². The van der Waals surface area contributed by atoms with Crippen LogP contribution in [0, 0.1) is 0 Å². The number of carbonyl (C=O) groups is 1. The summed E-state index contributed by atoms with van der Waals surface area (Å²) in [5.74, 6) is -1.55. The van der Waals surface area contributed by atoms with Gasteiger partial charge in [-0.3, -0.25) is 9.11 Å². The van der Waals surface area contributed by atoms with E-state index < -0.39 is 108 Å². The van der Waals surface area contributed by atoms with E-state index in [1.807, 2.05) is 0 Å². The van der Waals surface area contributed by atoms with Crippen LogP contribution >= 0.6 is 0 Å². The molecule has 0 amide bonds. The molecule has 0 radical (unpaired) electrons. The lowest BCUT2D eigenvalue weighted by atomic mass is 9.84. The molecule has 0 bridgehead atoms. The number of rotatable bonds is 6. The molecule has 2 heterocycles. The molecule has 2 aliphatic heterocycles. The Kier molecular flexibility index (Phi) is 11.3. The van der Waals surface area contributed by atoms with Gasteiger partial charge in [0.1, 0.15) is 42.7 Å². The zero-order valence-corrected chi connectivity index (χ0v) is 20.8. The van der Waals surface area contributed by atoms with Gasteiger partial charge in [0.2, 0.25) is 0 Å². The quantitative estimate of drug-likeness (QED) is 0.130. The molecule has 0 aromatic rings. The fourth-order valence-electron chi connectivity index (χ4n) is 4.34. The van der Waals surface area contributed by atoms with E-state index in [2.05, 4.69) is 0 Å². The Hall–Kier alpha value is -1.18. The highest BCUT2D eigenvalue weighted by molar-refractivity contribution is 7.79. The van der Waals surface area contributed by atoms with Gasteiger partial charge in [-0.25, -0.2) is 4.79 Å². The maximum Gasteiger partial charge on any atom is 0.394 e. The summed E-state index contributed by atoms with van der Waals surface area (Å²) >= 11 is 0. The standard InChI is InChI=1S/C18H34N4O11.H2O4S/c1-3(19)12-10(26)11(27)18(30-12)32-14-7(23)4(20)2-5(21)13(14)31-17-6(22)8(24)9(25)15(33-17)16(28)29;1-5(2,3)4/h3-15,17-18,23-27H,2,19-22H2,1H3,(H,28,29);(H2,1,2,3,4)/t3-,4+,5-,6+,7-,8+,9-,10-,11+,12+,13+,14+,15+,17-,18+;/m0./s1. The summed E-state index contributed by atoms with van der Waals surface area (Å²) in [4.78, 5) is 11.4. The van der Waals surface area contributed by atoms with Gasteiger partial charge in [-0.2, -0.15) is 8.42 Å². The zero-order valence-electron chi connectivity index (χ0n) is 20.0. The minimum absolute atomic E-state index is 0.0698. The molecule has 0 unspecified atom stereocenters. The smallest absolute Gasteiger partial charge is 0.394 e. The van der Waals surface area contributed by atoms with Crippen LogP contribution in [0.3, 0.4) is 0 Å². The lowest BCUT2D eigenvalue weighted by Crippen LogP contribution is -2.68. The number of ether oxygens (including phenoxy) is 4. The van der Waals surface area contributed by atoms with E-state index in [1.54, 1.807) is 6.92 Å². The van der Waals surface area contributed by atoms with Gasteiger partial charge in [-0.05, 0) is 13.3 Å². The molecule has 3 aliphatic rings. The molecular weight excluding hydrogens is 544 g/mol. The molecule has 38 heavy (non-hydrogen) atoms. The van der Waals surface area contributed by atoms with Crippen LogP contribution in [0.2, 0.25) is 0 Å². The first-order chi connectivity index (χ1) is 17.3. The van der Waals surface area contributed by atoms with Crippen molar-refractivity contribution in [3.05, 3.63) is 0 Å². The van der Waals surface area contributed by atoms with E-state index in [1.165, 1.54) is 0 Å². The second-order valence-electron chi connectivity index (χ2n) is 9.33. The summed E-state index contributed by atoms with van der Waals surface area (Å²) in [6.07, 6.45) is -16.0. The second-order valence-corrected chi connectivity index (χ2v) is 10.2. The maximum atomic E-state index is 11.4. The summed E-state index contributed by atoms with van der Waals surface area (Å²) in [6, 6.07) is -3.73. The van der Waals surface area contributed by atoms with Gasteiger partial charge in [0.25, 0.3) is 0 Å². The van der Waals surface area contributed by atoms with Gasteiger partial charge in [-0.1, -0.05) is 0 Å². The third-order valence-corrected chi connectivity index (χ3v) is 6.32. The van der Waals surface area contributed by atoms with Gasteiger partial charge in [0, 0.05) is 18.1 Å². The minimum Gasteiger partial charge on any atom is -0.479 e. The highest BCUT2D eigenvalue weighted by Gasteiger charge is 2.53. The van der Waals surface area contributed by atoms with Crippen molar-refractivity contribution in [1.29, 1.82) is 0 Å². The van der Waals surface area contributed by atoms with Gasteiger partial charge in [0.15, 0.2) is 18.7 Å². The number of aliphatic hydroxyl groups excluding tert-OH is 5. The Morgan fingerprint density at radius 1 is 0.842 bits per heavy atom. The summed E-state index contributed by atoms with van der Waals surface area (Å²) in [5, 5.41) is 60.5. The average Bonchev–Trinajstić information content (AvgIpc) is 3.07. The molecule has 3 fully saturated rings. The molecule has 15 atom stereocenters. The number of aliphatic carboxylic acids is 1. The molecule has 224 valence electrons. The molecule has 1 saturated carbocycles. The lowest BCUT2D eigenvalue weighted by molar-refractivity contribution is -0.305. The molecule has 19 nitrogen and oxygen atoms in total. The van der Waals surface area contributed by atoms with Crippen LogP contribution in [0.5, 0.6) is 0 Å². The first-order valence-corrected chi connectivity index (χ1v) is 12.7. The largest absolute Gasteiger partial charge is 0.479 e. The van der Waals surface area contributed by atoms with Crippen molar-refractivity contribution in [2.24, 2.45) is 22.9 Å². The van der Waals surface area contributed by atoms with Crippen LogP contribution in [0.15, 0.2) is 0 Å². The second kappa shape index (κ2) is 13.0. The molecule has 2 saturated heterocycles. The number of aliphatic hydroxyl groups is 5. The van der Waals surface area contributed by atoms with Crippen molar-refractivity contribution in [2.45, 2.75) is 105 Å². The Bertz CT molecular complexity index is 891. The fraction of sp³-hybridized carbons (Fsp3) is 0.944. The van der Waals surface area contributed by atoms with Crippen molar-refractivity contribution < 1.29 is 71.9 Å². The highest BCUT2D eigenvalue weighted by atomic mass is 32.3. The third-order valence-electron chi connectivity index (χ3n) is 6.32. The molecule has 3 rings (SSSR count). The van der Waals surface area contributed by atoms with Crippen LogP contribution in [0.4, 0.5) is 0 Å². The summed E-state index contributed by atoms with van der Waals surface area (Å²) in [5.41, 5.74) is 23.7. The maximum absolute atomic E-state index is 11.4. The van der Waals surface area contributed by atoms with Gasteiger partial charge < -0.3 is 72.5 Å². The Morgan fingerprint density at radius 3 is 1.84 bits per heavy atom. The van der Waals surface area contributed by atoms with Crippen LogP contribution in [0.25, 0.3) is 0 Å². The number of hydrogen-bond acceptors (Lipinski definition) is 16. The number of carboxylic acids is 1. The van der Waals surface area contributed by atoms with E-state index in [4.69, 9.17) is 59.4 Å². The first kappa shape index (κ1) is 33.0. The minimum atomic E-state index is -4.67. The van der Waals surface area contributed by atoms with E-state index in [9.17, 15) is 35.4 Å². The number of carboxylic acid groups (broad SMARTS) is 1. The molecule has 0 aromatic heterocycles. The number of nitrogens with two attached hydrogens (primary N) is 4. The lowest BCUT2D eigenvalue weighted by Gasteiger charge is -2.46. The van der Waals surface area contributed by atoms with Gasteiger partial charge in [-0.15, -0.1) is 0 Å². The molecular formula is C18H36N4O15S. The fourth-order valence-corrected chi connectivity index (χ4v) is 4.34. The summed E-state index contributed by atoms with van der Waals surface area (Å²) < 4.78 is 53.8.